The molecule has 1 aromatic carbocycles. The second-order valence-corrected chi connectivity index (χ2v) is 3.35. The van der Waals surface area contributed by atoms with Crippen LogP contribution in [0, 0.1) is 0 Å². The highest BCUT2D eigenvalue weighted by Crippen LogP contribution is 2.14. The monoisotopic (exact) mass is 229 g/mol. The molecule has 0 bridgehead atoms. The highest BCUT2D eigenvalue weighted by Gasteiger charge is 2.19. The molecule has 0 heterocycles. The maximum Gasteiger partial charge on any atom is 0.312 e. The lowest BCUT2D eigenvalue weighted by Crippen LogP contribution is -2.30. The SMILES string of the molecule is O=C(O)C(CNCC(F)F)c1ccccc1. The fraction of sp³-hybridized carbons (Fsp3) is 0.364. The van der Waals surface area contributed by atoms with Crippen molar-refractivity contribution in [1.29, 1.82) is 0 Å². The summed E-state index contributed by atoms with van der Waals surface area (Å²) in [5, 5.41) is 11.4. The topological polar surface area (TPSA) is 49.3 Å². The van der Waals surface area contributed by atoms with Gasteiger partial charge in [-0.15, -0.1) is 0 Å². The van der Waals surface area contributed by atoms with E-state index in [1.54, 1.807) is 30.3 Å². The molecule has 1 atom stereocenters. The molecule has 1 aromatic rings. The van der Waals surface area contributed by atoms with Crippen LogP contribution in [0.25, 0.3) is 0 Å². The number of rotatable bonds is 6. The van der Waals surface area contributed by atoms with E-state index in [0.717, 1.165) is 0 Å². The van der Waals surface area contributed by atoms with Crippen molar-refractivity contribution >= 4 is 5.97 Å². The maximum absolute atomic E-state index is 11.9. The lowest BCUT2D eigenvalue weighted by Gasteiger charge is -2.13. The van der Waals surface area contributed by atoms with Gasteiger partial charge in [0.05, 0.1) is 12.5 Å². The Morgan fingerprint density at radius 1 is 1.25 bits per heavy atom. The minimum Gasteiger partial charge on any atom is -0.481 e. The molecule has 0 aromatic heterocycles. The summed E-state index contributed by atoms with van der Waals surface area (Å²) in [5.41, 5.74) is 0.608. The number of hydrogen-bond acceptors (Lipinski definition) is 2. The summed E-state index contributed by atoms with van der Waals surface area (Å²) in [4.78, 5) is 10.9. The van der Waals surface area contributed by atoms with E-state index in [4.69, 9.17) is 5.11 Å². The normalized spacial score (nSPS) is 12.7. The standard InChI is InChI=1S/C11H13F2NO2/c12-10(13)7-14-6-9(11(15)16)8-4-2-1-3-5-8/h1-5,9-10,14H,6-7H2,(H,15,16). The Morgan fingerprint density at radius 3 is 2.38 bits per heavy atom. The Kier molecular flexibility index (Phi) is 4.85. The first-order chi connectivity index (χ1) is 7.61. The van der Waals surface area contributed by atoms with Crippen molar-refractivity contribution in [3.63, 3.8) is 0 Å². The van der Waals surface area contributed by atoms with E-state index in [1.807, 2.05) is 0 Å². The van der Waals surface area contributed by atoms with E-state index in [1.165, 1.54) is 0 Å². The quantitative estimate of drug-likeness (QED) is 0.780. The molecule has 0 aliphatic rings. The number of carbonyl (C=O) groups is 1. The van der Waals surface area contributed by atoms with Gasteiger partial charge in [0, 0.05) is 6.54 Å². The molecule has 0 spiro atoms. The summed E-state index contributed by atoms with van der Waals surface area (Å²) in [6.45, 7) is -0.486. The fourth-order valence-corrected chi connectivity index (χ4v) is 1.37. The van der Waals surface area contributed by atoms with Gasteiger partial charge in [-0.05, 0) is 5.56 Å². The first-order valence-electron chi connectivity index (χ1n) is 4.88. The van der Waals surface area contributed by atoms with Gasteiger partial charge in [0.2, 0.25) is 0 Å². The molecule has 0 saturated heterocycles. The van der Waals surface area contributed by atoms with Crippen molar-refractivity contribution in [2.75, 3.05) is 13.1 Å². The minimum atomic E-state index is -2.47. The van der Waals surface area contributed by atoms with E-state index >= 15 is 0 Å². The van der Waals surface area contributed by atoms with E-state index < -0.39 is 24.9 Å². The average molecular weight is 229 g/mol. The predicted molar refractivity (Wildman–Crippen MR) is 55.7 cm³/mol. The third-order valence-electron chi connectivity index (χ3n) is 2.15. The molecule has 2 N–H and O–H groups in total. The summed E-state index contributed by atoms with van der Waals surface area (Å²) in [7, 11) is 0. The Bertz CT molecular complexity index is 330. The van der Waals surface area contributed by atoms with Crippen LogP contribution in [0.2, 0.25) is 0 Å². The highest BCUT2D eigenvalue weighted by molar-refractivity contribution is 5.76. The molecule has 3 nitrogen and oxygen atoms in total. The van der Waals surface area contributed by atoms with Gasteiger partial charge in [-0.1, -0.05) is 30.3 Å². The van der Waals surface area contributed by atoms with Crippen LogP contribution in [0.5, 0.6) is 0 Å². The van der Waals surface area contributed by atoms with Gasteiger partial charge in [-0.25, -0.2) is 8.78 Å². The van der Waals surface area contributed by atoms with Gasteiger partial charge in [0.25, 0.3) is 6.43 Å². The summed E-state index contributed by atoms with van der Waals surface area (Å²) >= 11 is 0. The van der Waals surface area contributed by atoms with Crippen LogP contribution in [0.3, 0.4) is 0 Å². The van der Waals surface area contributed by atoms with Crippen molar-refractivity contribution < 1.29 is 18.7 Å². The van der Waals surface area contributed by atoms with Crippen LogP contribution in [0.4, 0.5) is 8.78 Å². The molecule has 5 heteroatoms. The lowest BCUT2D eigenvalue weighted by molar-refractivity contribution is -0.138. The lowest BCUT2D eigenvalue weighted by atomic mass is 9.99. The van der Waals surface area contributed by atoms with Crippen LogP contribution in [0.15, 0.2) is 30.3 Å². The second kappa shape index (κ2) is 6.17. The second-order valence-electron chi connectivity index (χ2n) is 3.35. The Morgan fingerprint density at radius 2 is 1.88 bits per heavy atom. The highest BCUT2D eigenvalue weighted by atomic mass is 19.3. The molecule has 0 amide bonds. The van der Waals surface area contributed by atoms with Crippen molar-refractivity contribution in [3.05, 3.63) is 35.9 Å². The van der Waals surface area contributed by atoms with Crippen molar-refractivity contribution in [2.24, 2.45) is 0 Å². The number of benzene rings is 1. The van der Waals surface area contributed by atoms with Gasteiger partial charge in [-0.3, -0.25) is 4.79 Å². The summed E-state index contributed by atoms with van der Waals surface area (Å²) in [6.07, 6.45) is -2.47. The summed E-state index contributed by atoms with van der Waals surface area (Å²) in [5.74, 6) is -1.81. The Labute approximate surface area is 92.1 Å². The molecule has 0 saturated carbocycles. The molecular weight excluding hydrogens is 216 g/mol. The molecule has 0 aliphatic heterocycles. The summed E-state index contributed by atoms with van der Waals surface area (Å²) < 4.78 is 23.8. The Balaban J connectivity index is 2.59. The number of carboxylic acids is 1. The molecule has 88 valence electrons. The third kappa shape index (κ3) is 3.94. The molecular formula is C11H13F2NO2. The number of halogens is 2. The van der Waals surface area contributed by atoms with Gasteiger partial charge in [-0.2, -0.15) is 0 Å². The zero-order chi connectivity index (χ0) is 12.0. The van der Waals surface area contributed by atoms with Crippen LogP contribution in [0.1, 0.15) is 11.5 Å². The Hall–Kier alpha value is -1.49. The molecule has 0 radical (unpaired) electrons. The average Bonchev–Trinajstić information content (AvgIpc) is 2.25. The van der Waals surface area contributed by atoms with E-state index in [-0.39, 0.29) is 6.54 Å². The first kappa shape index (κ1) is 12.6. The van der Waals surface area contributed by atoms with Gasteiger partial charge in [0.1, 0.15) is 0 Å². The van der Waals surface area contributed by atoms with Crippen molar-refractivity contribution in [2.45, 2.75) is 12.3 Å². The van der Waals surface area contributed by atoms with Gasteiger partial charge >= 0.3 is 5.97 Å². The van der Waals surface area contributed by atoms with E-state index in [9.17, 15) is 13.6 Å². The molecule has 1 rings (SSSR count). The number of aliphatic carboxylic acids is 1. The minimum absolute atomic E-state index is 0.00366. The summed E-state index contributed by atoms with van der Waals surface area (Å²) in [6, 6.07) is 8.55. The predicted octanol–water partition coefficient (Wildman–Crippen LogP) is 1.71. The number of carboxylic acid groups (broad SMARTS) is 1. The largest absolute Gasteiger partial charge is 0.481 e. The molecule has 0 fully saturated rings. The van der Waals surface area contributed by atoms with Crippen LogP contribution in [-0.2, 0) is 4.79 Å². The number of nitrogens with one attached hydrogen (secondary N) is 1. The molecule has 1 unspecified atom stereocenters. The zero-order valence-electron chi connectivity index (χ0n) is 8.57. The van der Waals surface area contributed by atoms with Crippen molar-refractivity contribution in [1.82, 2.24) is 5.32 Å². The van der Waals surface area contributed by atoms with Crippen molar-refractivity contribution in [3.8, 4) is 0 Å². The number of alkyl halides is 2. The fourth-order valence-electron chi connectivity index (χ4n) is 1.37. The zero-order valence-corrected chi connectivity index (χ0v) is 8.57. The van der Waals surface area contributed by atoms with Crippen LogP contribution in [-0.4, -0.2) is 30.6 Å². The van der Waals surface area contributed by atoms with Gasteiger partial charge < -0.3 is 10.4 Å². The molecule has 16 heavy (non-hydrogen) atoms. The van der Waals surface area contributed by atoms with Crippen LogP contribution < -0.4 is 5.32 Å². The smallest absolute Gasteiger partial charge is 0.312 e. The maximum atomic E-state index is 11.9. The van der Waals surface area contributed by atoms with Crippen LogP contribution >= 0.6 is 0 Å². The van der Waals surface area contributed by atoms with E-state index in [0.29, 0.717) is 5.56 Å². The number of hydrogen-bond donors (Lipinski definition) is 2. The molecule has 0 aliphatic carbocycles. The van der Waals surface area contributed by atoms with Gasteiger partial charge in [0.15, 0.2) is 0 Å². The van der Waals surface area contributed by atoms with E-state index in [2.05, 4.69) is 5.32 Å². The first-order valence-corrected chi connectivity index (χ1v) is 4.88. The third-order valence-corrected chi connectivity index (χ3v) is 2.15.